The van der Waals surface area contributed by atoms with E-state index in [1.54, 1.807) is 36.5 Å². The number of carbonyl (C=O) groups excluding carboxylic acids is 2. The monoisotopic (exact) mass is 582 g/mol. The molecule has 0 bridgehead atoms. The van der Waals surface area contributed by atoms with Crippen LogP contribution in [0.15, 0.2) is 76.4 Å². The Morgan fingerprint density at radius 2 is 1.88 bits per heavy atom. The molecule has 11 nitrogen and oxygen atoms in total. The number of amidine groups is 1. The highest BCUT2D eigenvalue weighted by Crippen LogP contribution is 2.37. The van der Waals surface area contributed by atoms with Crippen molar-refractivity contribution < 1.29 is 18.4 Å². The molecular formula is C31H31FN8O3. The van der Waals surface area contributed by atoms with Gasteiger partial charge < -0.3 is 14.6 Å². The van der Waals surface area contributed by atoms with Gasteiger partial charge in [0.2, 0.25) is 11.8 Å². The van der Waals surface area contributed by atoms with Gasteiger partial charge in [0.05, 0.1) is 12.0 Å². The van der Waals surface area contributed by atoms with Crippen LogP contribution in [-0.2, 0) is 4.79 Å². The number of nitrogens with one attached hydrogen (secondary N) is 3. The number of oxazole rings is 1. The van der Waals surface area contributed by atoms with Crippen LogP contribution in [0.3, 0.4) is 0 Å². The average molecular weight is 583 g/mol. The first-order chi connectivity index (χ1) is 20.9. The molecule has 4 aromatic rings. The first-order valence-electron chi connectivity index (χ1n) is 14.5. The van der Waals surface area contributed by atoms with E-state index in [0.29, 0.717) is 47.0 Å². The number of rotatable bonds is 7. The molecule has 220 valence electrons. The minimum atomic E-state index is -1.06. The number of piperidine rings is 1. The summed E-state index contributed by atoms with van der Waals surface area (Å²) in [5.74, 6) is 0.369. The molecule has 43 heavy (non-hydrogen) atoms. The van der Waals surface area contributed by atoms with Gasteiger partial charge in [-0.25, -0.2) is 14.5 Å². The predicted octanol–water partition coefficient (Wildman–Crippen LogP) is 4.44. The Morgan fingerprint density at radius 1 is 1.09 bits per heavy atom. The van der Waals surface area contributed by atoms with Crippen molar-refractivity contribution in [1.82, 2.24) is 30.9 Å². The molecule has 2 aromatic heterocycles. The standard InChI is InChI=1S/C31H31FN8O3/c1-18-36-38-40(37-18)28(19-5-3-2-4-6-19)20-10-13-39(14-11-20)31(42)26-15-21(9-12-33-26)30-35-25-8-7-22(16-27(25)43-30)34-29(41)23-17-24(23)32/h2-9,12,15-16,20,23-24,28,38H,10-11,13-14,17H2,1H3,(H,34,41)(H,36,37)/t23?,24-,28?/m0/s1. The van der Waals surface area contributed by atoms with E-state index in [4.69, 9.17) is 4.42 Å². The van der Waals surface area contributed by atoms with Gasteiger partial charge >= 0.3 is 0 Å². The van der Waals surface area contributed by atoms with Crippen molar-refractivity contribution in [1.29, 1.82) is 0 Å². The van der Waals surface area contributed by atoms with Crippen molar-refractivity contribution in [3.8, 4) is 11.5 Å². The number of alkyl halides is 1. The molecule has 0 radical (unpaired) electrons. The number of likely N-dealkylation sites (tertiary alicyclic amines) is 1. The highest BCUT2D eigenvalue weighted by molar-refractivity contribution is 5.96. The van der Waals surface area contributed by atoms with Crippen LogP contribution in [-0.4, -0.2) is 56.9 Å². The molecule has 0 spiro atoms. The van der Waals surface area contributed by atoms with Crippen LogP contribution >= 0.6 is 0 Å². The number of fused-ring (bicyclic) bond motifs is 1. The molecule has 2 amide bonds. The highest BCUT2D eigenvalue weighted by Gasteiger charge is 2.43. The lowest BCUT2D eigenvalue weighted by molar-refractivity contribution is -0.117. The van der Waals surface area contributed by atoms with E-state index in [1.807, 2.05) is 35.1 Å². The van der Waals surface area contributed by atoms with Crippen molar-refractivity contribution in [3.63, 3.8) is 0 Å². The van der Waals surface area contributed by atoms with Crippen LogP contribution in [0.5, 0.6) is 0 Å². The largest absolute Gasteiger partial charge is 0.436 e. The fraction of sp³-hybridized carbons (Fsp3) is 0.323. The molecule has 2 fully saturated rings. The Bertz CT molecular complexity index is 1700. The van der Waals surface area contributed by atoms with Crippen LogP contribution in [0.25, 0.3) is 22.6 Å². The summed E-state index contributed by atoms with van der Waals surface area (Å²) in [7, 11) is 0. The zero-order valence-corrected chi connectivity index (χ0v) is 23.5. The second kappa shape index (κ2) is 11.1. The number of halogens is 1. The van der Waals surface area contributed by atoms with E-state index < -0.39 is 12.1 Å². The molecule has 2 unspecified atom stereocenters. The predicted molar refractivity (Wildman–Crippen MR) is 158 cm³/mol. The van der Waals surface area contributed by atoms with Crippen LogP contribution in [0, 0.1) is 11.8 Å². The zero-order valence-electron chi connectivity index (χ0n) is 23.5. The van der Waals surface area contributed by atoms with Crippen molar-refractivity contribution in [3.05, 3.63) is 78.1 Å². The fourth-order valence-electron chi connectivity index (χ4n) is 5.80. The van der Waals surface area contributed by atoms with Gasteiger partial charge in [0, 0.05) is 36.6 Å². The van der Waals surface area contributed by atoms with E-state index in [0.717, 1.165) is 18.7 Å². The third-order valence-corrected chi connectivity index (χ3v) is 8.22. The minimum absolute atomic E-state index is 0.0205. The van der Waals surface area contributed by atoms with Crippen LogP contribution in [0.2, 0.25) is 0 Å². The molecule has 2 aliphatic heterocycles. The number of carbonyl (C=O) groups is 2. The van der Waals surface area contributed by atoms with E-state index in [1.165, 1.54) is 5.56 Å². The first-order valence-corrected chi connectivity index (χ1v) is 14.5. The summed E-state index contributed by atoms with van der Waals surface area (Å²) in [6.07, 6.45) is 2.41. The summed E-state index contributed by atoms with van der Waals surface area (Å²) in [4.78, 5) is 36.4. The number of hydrogen-bond acceptors (Lipinski definition) is 9. The lowest BCUT2D eigenvalue weighted by atomic mass is 9.85. The molecule has 1 aliphatic carbocycles. The van der Waals surface area contributed by atoms with Crippen molar-refractivity contribution >= 4 is 34.4 Å². The summed E-state index contributed by atoms with van der Waals surface area (Å²) in [6, 6.07) is 18.9. The second-order valence-electron chi connectivity index (χ2n) is 11.2. The maximum Gasteiger partial charge on any atom is 0.272 e. The van der Waals surface area contributed by atoms with Gasteiger partial charge in [-0.2, -0.15) is 0 Å². The molecule has 4 heterocycles. The third kappa shape index (κ3) is 5.53. The van der Waals surface area contributed by atoms with Gasteiger partial charge in [0.25, 0.3) is 5.91 Å². The van der Waals surface area contributed by atoms with Gasteiger partial charge in [-0.3, -0.25) is 20.0 Å². The van der Waals surface area contributed by atoms with Gasteiger partial charge in [0.15, 0.2) is 5.58 Å². The zero-order chi connectivity index (χ0) is 29.5. The molecule has 12 heteroatoms. The smallest absolute Gasteiger partial charge is 0.272 e. The van der Waals surface area contributed by atoms with Crippen molar-refractivity contribution in [2.24, 2.45) is 16.9 Å². The second-order valence-corrected chi connectivity index (χ2v) is 11.2. The molecule has 2 aromatic carbocycles. The molecule has 1 saturated carbocycles. The molecule has 3 aliphatic rings. The molecular weight excluding hydrogens is 551 g/mol. The Hall–Kier alpha value is -4.84. The lowest BCUT2D eigenvalue weighted by Crippen LogP contribution is -2.46. The molecule has 3 N–H and O–H groups in total. The Labute approximate surface area is 247 Å². The van der Waals surface area contributed by atoms with Crippen molar-refractivity contribution in [2.75, 3.05) is 18.4 Å². The van der Waals surface area contributed by atoms with Crippen LogP contribution < -0.4 is 16.3 Å². The SMILES string of the molecule is CC1=NN(C(c2ccccc2)C2CCN(C(=O)c3cc(-c4nc5ccc(NC(=O)C6C[C@@H]6F)cc5o4)ccn3)CC2)NN1. The Kier molecular flexibility index (Phi) is 6.98. The van der Waals surface area contributed by atoms with E-state index in [-0.39, 0.29) is 30.2 Å². The Morgan fingerprint density at radius 3 is 2.60 bits per heavy atom. The van der Waals surface area contributed by atoms with Gasteiger partial charge in [0.1, 0.15) is 23.2 Å². The summed E-state index contributed by atoms with van der Waals surface area (Å²) in [5, 5.41) is 9.22. The van der Waals surface area contributed by atoms with E-state index >= 15 is 0 Å². The highest BCUT2D eigenvalue weighted by atomic mass is 19.1. The number of hydrazone groups is 1. The minimum Gasteiger partial charge on any atom is -0.436 e. The van der Waals surface area contributed by atoms with Crippen molar-refractivity contribution in [2.45, 2.75) is 38.4 Å². The topological polar surface area (TPSA) is 128 Å². The van der Waals surface area contributed by atoms with Gasteiger partial charge in [-0.05, 0) is 61.9 Å². The number of benzene rings is 2. The molecule has 7 rings (SSSR count). The summed E-state index contributed by atoms with van der Waals surface area (Å²) in [6.45, 7) is 3.11. The average Bonchev–Trinajstić information content (AvgIpc) is 3.39. The number of aromatic nitrogens is 2. The maximum atomic E-state index is 13.5. The number of nitrogens with zero attached hydrogens (tertiary/aromatic N) is 5. The van der Waals surface area contributed by atoms with E-state index in [9.17, 15) is 14.0 Å². The van der Waals surface area contributed by atoms with E-state index in [2.05, 4.69) is 43.5 Å². The number of hydrogen-bond donors (Lipinski definition) is 3. The first kappa shape index (κ1) is 27.0. The number of amides is 2. The summed E-state index contributed by atoms with van der Waals surface area (Å²) >= 11 is 0. The normalized spacial score (nSPS) is 20.9. The summed E-state index contributed by atoms with van der Waals surface area (Å²) < 4.78 is 19.2. The van der Waals surface area contributed by atoms with Crippen LogP contribution in [0.4, 0.5) is 10.1 Å². The third-order valence-electron chi connectivity index (χ3n) is 8.22. The van der Waals surface area contributed by atoms with Crippen LogP contribution in [0.1, 0.15) is 48.3 Å². The Balaban J connectivity index is 1.04. The molecule has 3 atom stereocenters. The molecule has 1 saturated heterocycles. The summed E-state index contributed by atoms with van der Waals surface area (Å²) in [5.41, 5.74) is 9.92. The lowest BCUT2D eigenvalue weighted by Gasteiger charge is -2.38. The fourth-order valence-corrected chi connectivity index (χ4v) is 5.80. The number of anilines is 1. The number of hydrazine groups is 2. The quantitative estimate of drug-likeness (QED) is 0.292. The van der Waals surface area contributed by atoms with Gasteiger partial charge in [-0.15, -0.1) is 10.6 Å². The van der Waals surface area contributed by atoms with Gasteiger partial charge in [-0.1, -0.05) is 30.3 Å². The maximum absolute atomic E-state index is 13.5. The number of pyridine rings is 1.